The van der Waals surface area contributed by atoms with Gasteiger partial charge in [-0.2, -0.15) is 5.10 Å². The number of likely N-dealkylation sites (tertiary alicyclic amines) is 1. The van der Waals surface area contributed by atoms with Crippen LogP contribution in [0.3, 0.4) is 0 Å². The van der Waals surface area contributed by atoms with Crippen LogP contribution in [0, 0.1) is 18.8 Å². The summed E-state index contributed by atoms with van der Waals surface area (Å²) in [6.07, 6.45) is 0.0399. The van der Waals surface area contributed by atoms with E-state index >= 15 is 0 Å². The van der Waals surface area contributed by atoms with E-state index in [0.717, 1.165) is 17.1 Å². The van der Waals surface area contributed by atoms with E-state index < -0.39 is 17.9 Å². The second-order valence-electron chi connectivity index (χ2n) is 7.22. The number of carboxylic acid groups (broad SMARTS) is 1. The molecule has 1 aromatic heterocycles. The summed E-state index contributed by atoms with van der Waals surface area (Å²) in [6, 6.07) is -0.528. The van der Waals surface area contributed by atoms with Crippen molar-refractivity contribution in [1.82, 2.24) is 14.7 Å². The molecule has 1 saturated heterocycles. The van der Waals surface area contributed by atoms with Crippen molar-refractivity contribution in [3.8, 4) is 0 Å². The molecule has 134 valence electrons. The molecule has 1 N–H and O–H groups in total. The molecule has 2 heterocycles. The van der Waals surface area contributed by atoms with E-state index in [1.165, 1.54) is 0 Å². The topological polar surface area (TPSA) is 78.7 Å². The van der Waals surface area contributed by atoms with Gasteiger partial charge in [-0.3, -0.25) is 14.3 Å². The van der Waals surface area contributed by atoms with E-state index in [0.29, 0.717) is 0 Å². The largest absolute Gasteiger partial charge is 0.481 e. The molecule has 0 aromatic carbocycles. The molecule has 1 aromatic rings. The normalized spacial score (nSPS) is 22.3. The molecular formula is C17H28N4O3. The van der Waals surface area contributed by atoms with Gasteiger partial charge in [-0.1, -0.05) is 13.8 Å². The Hall–Kier alpha value is -2.05. The van der Waals surface area contributed by atoms with Gasteiger partial charge in [-0.05, 0) is 19.8 Å². The summed E-state index contributed by atoms with van der Waals surface area (Å²) in [5.74, 6) is -0.690. The smallest absolute Gasteiger partial charge is 0.309 e. The second-order valence-corrected chi connectivity index (χ2v) is 7.22. The maximum atomic E-state index is 12.6. The minimum Gasteiger partial charge on any atom is -0.481 e. The van der Waals surface area contributed by atoms with Gasteiger partial charge < -0.3 is 14.9 Å². The molecule has 0 unspecified atom stereocenters. The van der Waals surface area contributed by atoms with E-state index in [1.807, 2.05) is 53.7 Å². The Bertz CT molecular complexity index is 651. The van der Waals surface area contributed by atoms with E-state index in [1.54, 1.807) is 9.58 Å². The lowest BCUT2D eigenvalue weighted by Gasteiger charge is -2.35. The van der Waals surface area contributed by atoms with Gasteiger partial charge in [0, 0.05) is 39.2 Å². The summed E-state index contributed by atoms with van der Waals surface area (Å²) in [5.41, 5.74) is 1.61. The van der Waals surface area contributed by atoms with Crippen molar-refractivity contribution in [2.75, 3.05) is 19.0 Å². The number of rotatable bonds is 5. The van der Waals surface area contributed by atoms with Crippen LogP contribution < -0.4 is 4.90 Å². The van der Waals surface area contributed by atoms with Gasteiger partial charge in [0.15, 0.2) is 0 Å². The van der Waals surface area contributed by atoms with Crippen LogP contribution in [0.1, 0.15) is 44.5 Å². The predicted octanol–water partition coefficient (Wildman–Crippen LogP) is 1.81. The lowest BCUT2D eigenvalue weighted by atomic mass is 9.91. The van der Waals surface area contributed by atoms with Crippen molar-refractivity contribution in [2.45, 2.75) is 46.2 Å². The van der Waals surface area contributed by atoms with Crippen LogP contribution in [-0.4, -0.2) is 51.8 Å². The van der Waals surface area contributed by atoms with Crippen molar-refractivity contribution >= 4 is 17.7 Å². The van der Waals surface area contributed by atoms with E-state index in [9.17, 15) is 14.7 Å². The number of aliphatic carboxylic acids is 1. The summed E-state index contributed by atoms with van der Waals surface area (Å²) < 4.78 is 1.75. The maximum absolute atomic E-state index is 12.6. The third kappa shape index (κ3) is 2.87. The number of hydrogen-bond acceptors (Lipinski definition) is 4. The Morgan fingerprint density at radius 2 is 1.92 bits per heavy atom. The molecule has 7 nitrogen and oxygen atoms in total. The highest BCUT2D eigenvalue weighted by molar-refractivity contribution is 5.88. The number of aromatic nitrogens is 2. The number of carbonyl (C=O) groups is 2. The second kappa shape index (κ2) is 6.45. The van der Waals surface area contributed by atoms with Crippen LogP contribution in [-0.2, 0) is 16.6 Å². The van der Waals surface area contributed by atoms with Gasteiger partial charge in [0.25, 0.3) is 0 Å². The highest BCUT2D eigenvalue weighted by Gasteiger charge is 2.49. The fourth-order valence-electron chi connectivity index (χ4n) is 3.66. The SMILES string of the molecule is Cc1nn(C)c(N(C)C)c1[C@@H]1[C@H](C(=O)O)CC(=O)N1[C@@H](C)C(C)C. The highest BCUT2D eigenvalue weighted by atomic mass is 16.4. The third-order valence-electron chi connectivity index (χ3n) is 5.04. The molecular weight excluding hydrogens is 308 g/mol. The van der Waals surface area contributed by atoms with Crippen LogP contribution in [0.25, 0.3) is 0 Å². The summed E-state index contributed by atoms with van der Waals surface area (Å²) in [7, 11) is 5.65. The summed E-state index contributed by atoms with van der Waals surface area (Å²) >= 11 is 0. The summed E-state index contributed by atoms with van der Waals surface area (Å²) in [4.78, 5) is 28.2. The first kappa shape index (κ1) is 18.3. The van der Waals surface area contributed by atoms with Gasteiger partial charge in [-0.25, -0.2) is 0 Å². The first-order valence-electron chi connectivity index (χ1n) is 8.32. The molecule has 1 fully saturated rings. The Kier molecular flexibility index (Phi) is 4.92. The predicted molar refractivity (Wildman–Crippen MR) is 91.9 cm³/mol. The van der Waals surface area contributed by atoms with Gasteiger partial charge >= 0.3 is 5.97 Å². The molecule has 0 bridgehead atoms. The van der Waals surface area contributed by atoms with Gasteiger partial charge in [0.2, 0.25) is 5.91 Å². The molecule has 1 aliphatic rings. The lowest BCUT2D eigenvalue weighted by molar-refractivity contribution is -0.142. The van der Waals surface area contributed by atoms with E-state index in [4.69, 9.17) is 0 Å². The van der Waals surface area contributed by atoms with Gasteiger partial charge in [-0.15, -0.1) is 0 Å². The van der Waals surface area contributed by atoms with Crippen molar-refractivity contribution in [1.29, 1.82) is 0 Å². The van der Waals surface area contributed by atoms with Crippen LogP contribution in [0.15, 0.2) is 0 Å². The van der Waals surface area contributed by atoms with Gasteiger partial charge in [0.05, 0.1) is 17.7 Å². The first-order chi connectivity index (χ1) is 11.1. The molecule has 24 heavy (non-hydrogen) atoms. The molecule has 1 amide bonds. The fraction of sp³-hybridized carbons (Fsp3) is 0.706. The number of aryl methyl sites for hydroxylation is 2. The van der Waals surface area contributed by atoms with Crippen LogP contribution >= 0.6 is 0 Å². The maximum Gasteiger partial charge on any atom is 0.309 e. The molecule has 1 aliphatic heterocycles. The van der Waals surface area contributed by atoms with E-state index in [2.05, 4.69) is 5.10 Å². The molecule has 0 aliphatic carbocycles. The van der Waals surface area contributed by atoms with Crippen LogP contribution in [0.5, 0.6) is 0 Å². The zero-order valence-electron chi connectivity index (χ0n) is 15.6. The summed E-state index contributed by atoms with van der Waals surface area (Å²) in [5, 5.41) is 14.2. The van der Waals surface area contributed by atoms with Crippen molar-refractivity contribution in [2.24, 2.45) is 18.9 Å². The van der Waals surface area contributed by atoms with Crippen LogP contribution in [0.4, 0.5) is 5.82 Å². The Labute approximate surface area is 143 Å². The Morgan fingerprint density at radius 1 is 1.33 bits per heavy atom. The average Bonchev–Trinajstić information content (AvgIpc) is 2.94. The van der Waals surface area contributed by atoms with Gasteiger partial charge in [0.1, 0.15) is 5.82 Å². The number of carboxylic acids is 1. The summed E-state index contributed by atoms with van der Waals surface area (Å²) in [6.45, 7) is 7.96. The molecule has 0 radical (unpaired) electrons. The van der Waals surface area contributed by atoms with E-state index in [-0.39, 0.29) is 24.3 Å². The monoisotopic (exact) mass is 336 g/mol. The standard InChI is InChI=1S/C17H28N4O3/c1-9(2)11(4)21-13(22)8-12(17(23)24)15(21)14-10(3)18-20(7)16(14)19(5)6/h9,11-12,15H,8H2,1-7H3,(H,23,24)/t11-,12+,15-/m0/s1. The van der Waals surface area contributed by atoms with Crippen molar-refractivity contribution in [3.63, 3.8) is 0 Å². The van der Waals surface area contributed by atoms with Crippen molar-refractivity contribution in [3.05, 3.63) is 11.3 Å². The number of hydrogen-bond donors (Lipinski definition) is 1. The fourth-order valence-corrected chi connectivity index (χ4v) is 3.66. The third-order valence-corrected chi connectivity index (χ3v) is 5.04. The molecule has 3 atom stereocenters. The molecule has 2 rings (SSSR count). The lowest BCUT2D eigenvalue weighted by Crippen LogP contribution is -2.41. The minimum atomic E-state index is -0.931. The highest BCUT2D eigenvalue weighted by Crippen LogP contribution is 2.45. The van der Waals surface area contributed by atoms with Crippen molar-refractivity contribution < 1.29 is 14.7 Å². The molecule has 7 heteroatoms. The molecule has 0 spiro atoms. The van der Waals surface area contributed by atoms with Crippen LogP contribution in [0.2, 0.25) is 0 Å². The number of amides is 1. The average molecular weight is 336 g/mol. The minimum absolute atomic E-state index is 0.0399. The molecule has 0 saturated carbocycles. The zero-order chi connectivity index (χ0) is 18.3. The number of nitrogens with zero attached hydrogens (tertiary/aromatic N) is 4. The Morgan fingerprint density at radius 3 is 2.38 bits per heavy atom. The first-order valence-corrected chi connectivity index (χ1v) is 8.32. The number of carbonyl (C=O) groups excluding carboxylic acids is 1. The quantitative estimate of drug-likeness (QED) is 0.887. The number of anilines is 1. The zero-order valence-corrected chi connectivity index (χ0v) is 15.6. The Balaban J connectivity index is 2.65.